The van der Waals surface area contributed by atoms with E-state index in [-0.39, 0.29) is 6.04 Å². The summed E-state index contributed by atoms with van der Waals surface area (Å²) < 4.78 is 25.8. The summed E-state index contributed by atoms with van der Waals surface area (Å²) in [5, 5.41) is 8.11. The normalized spacial score (nSPS) is 17.8. The van der Waals surface area contributed by atoms with Gasteiger partial charge in [-0.25, -0.2) is 4.68 Å². The first-order valence-electron chi connectivity index (χ1n) is 11.8. The summed E-state index contributed by atoms with van der Waals surface area (Å²) in [6.07, 6.45) is 1.13. The zero-order valence-corrected chi connectivity index (χ0v) is 20.3. The molecule has 6 rings (SSSR count). The van der Waals surface area contributed by atoms with Crippen molar-refractivity contribution < 1.29 is 18.9 Å². The molecule has 0 bridgehead atoms. The Labute approximate surface area is 209 Å². The summed E-state index contributed by atoms with van der Waals surface area (Å²) in [4.78, 5) is 4.50. The summed E-state index contributed by atoms with van der Waals surface area (Å²) in [5.74, 6) is 3.55. The third kappa shape index (κ3) is 3.45. The number of hydrogen-bond donors (Lipinski definition) is 1. The highest BCUT2D eigenvalue weighted by Gasteiger charge is 2.42. The Morgan fingerprint density at radius 2 is 1.75 bits per heavy atom. The van der Waals surface area contributed by atoms with Gasteiger partial charge in [-0.3, -0.25) is 0 Å². The first kappa shape index (κ1) is 22.0. The van der Waals surface area contributed by atoms with Crippen LogP contribution >= 0.6 is 0 Å². The Hall–Kier alpha value is -4.46. The van der Waals surface area contributed by atoms with Crippen LogP contribution in [0.5, 0.6) is 23.0 Å². The number of ether oxygens (including phenoxy) is 4. The summed E-state index contributed by atoms with van der Waals surface area (Å²) >= 11 is 0. The van der Waals surface area contributed by atoms with Gasteiger partial charge in [-0.15, -0.1) is 0 Å². The molecular formula is C28H26N4O4. The van der Waals surface area contributed by atoms with Gasteiger partial charge in [0.2, 0.25) is 5.95 Å². The maximum Gasteiger partial charge on any atom is 0.226 e. The van der Waals surface area contributed by atoms with Crippen molar-refractivity contribution in [2.24, 2.45) is 0 Å². The van der Waals surface area contributed by atoms with Crippen molar-refractivity contribution >= 4 is 11.6 Å². The number of rotatable bonds is 6. The van der Waals surface area contributed by atoms with Crippen LogP contribution in [-0.2, 0) is 0 Å². The summed E-state index contributed by atoms with van der Waals surface area (Å²) in [5.41, 5.74) is 4.82. The van der Waals surface area contributed by atoms with E-state index in [1.165, 1.54) is 0 Å². The van der Waals surface area contributed by atoms with Gasteiger partial charge in [-0.1, -0.05) is 36.4 Å². The van der Waals surface area contributed by atoms with Gasteiger partial charge in [0.1, 0.15) is 30.0 Å². The van der Waals surface area contributed by atoms with Crippen LogP contribution in [0.2, 0.25) is 0 Å². The van der Waals surface area contributed by atoms with Crippen LogP contribution in [0.25, 0.3) is 5.70 Å². The van der Waals surface area contributed by atoms with Gasteiger partial charge in [0, 0.05) is 22.3 Å². The average molecular weight is 483 g/mol. The molecule has 0 spiro atoms. The van der Waals surface area contributed by atoms with Gasteiger partial charge in [-0.05, 0) is 37.3 Å². The second-order valence-corrected chi connectivity index (χ2v) is 8.47. The fourth-order valence-corrected chi connectivity index (χ4v) is 5.01. The van der Waals surface area contributed by atoms with Crippen LogP contribution in [0.1, 0.15) is 35.8 Å². The van der Waals surface area contributed by atoms with Gasteiger partial charge in [-0.2, -0.15) is 10.1 Å². The molecule has 36 heavy (non-hydrogen) atoms. The smallest absolute Gasteiger partial charge is 0.226 e. The van der Waals surface area contributed by atoms with E-state index in [4.69, 9.17) is 18.9 Å². The number of methoxy groups -OCH3 is 2. The maximum atomic E-state index is 6.71. The summed E-state index contributed by atoms with van der Waals surface area (Å²) in [6.45, 7) is 2.50. The van der Waals surface area contributed by atoms with Crippen LogP contribution in [0.4, 0.5) is 5.95 Å². The molecule has 0 aliphatic carbocycles. The number of anilines is 1. The first-order valence-corrected chi connectivity index (χ1v) is 11.8. The zero-order valence-electron chi connectivity index (χ0n) is 20.3. The molecule has 0 unspecified atom stereocenters. The number of hydrogen-bond acceptors (Lipinski definition) is 7. The lowest BCUT2D eigenvalue weighted by molar-refractivity contribution is 0.221. The van der Waals surface area contributed by atoms with Gasteiger partial charge in [0.15, 0.2) is 11.5 Å². The average Bonchev–Trinajstić information content (AvgIpc) is 3.40. The van der Waals surface area contributed by atoms with E-state index in [9.17, 15) is 0 Å². The van der Waals surface area contributed by atoms with Crippen molar-refractivity contribution in [3.05, 3.63) is 95.3 Å². The molecule has 0 saturated heterocycles. The molecule has 1 aromatic heterocycles. The lowest BCUT2D eigenvalue weighted by Gasteiger charge is -2.39. The molecule has 0 amide bonds. The highest BCUT2D eigenvalue weighted by molar-refractivity contribution is 5.85. The van der Waals surface area contributed by atoms with Crippen LogP contribution in [0.3, 0.4) is 0 Å². The molecule has 2 aliphatic heterocycles. The number of benzene rings is 3. The Morgan fingerprint density at radius 1 is 0.944 bits per heavy atom. The van der Waals surface area contributed by atoms with Crippen molar-refractivity contribution in [2.45, 2.75) is 19.1 Å². The number of para-hydroxylation sites is 2. The minimum atomic E-state index is -0.431. The van der Waals surface area contributed by atoms with Gasteiger partial charge in [0.05, 0.1) is 26.5 Å². The highest BCUT2D eigenvalue weighted by atomic mass is 16.5. The molecule has 3 aromatic carbocycles. The van der Waals surface area contributed by atoms with Gasteiger partial charge >= 0.3 is 0 Å². The monoisotopic (exact) mass is 482 g/mol. The molecule has 0 saturated carbocycles. The molecular weight excluding hydrogens is 456 g/mol. The van der Waals surface area contributed by atoms with Crippen LogP contribution in [0.15, 0.2) is 78.6 Å². The highest BCUT2D eigenvalue weighted by Crippen LogP contribution is 2.52. The van der Waals surface area contributed by atoms with E-state index in [0.717, 1.165) is 39.5 Å². The van der Waals surface area contributed by atoms with E-state index in [0.29, 0.717) is 24.1 Å². The molecule has 4 aromatic rings. The van der Waals surface area contributed by atoms with E-state index >= 15 is 0 Å². The van der Waals surface area contributed by atoms with Crippen molar-refractivity contribution in [1.82, 2.24) is 14.8 Å². The fourth-order valence-electron chi connectivity index (χ4n) is 5.01. The van der Waals surface area contributed by atoms with Crippen molar-refractivity contribution in [3.8, 4) is 23.0 Å². The Kier molecular flexibility index (Phi) is 5.48. The quantitative estimate of drug-likeness (QED) is 0.402. The van der Waals surface area contributed by atoms with E-state index in [1.807, 2.05) is 66.2 Å². The second kappa shape index (κ2) is 8.96. The molecule has 3 heterocycles. The molecule has 0 radical (unpaired) electrons. The van der Waals surface area contributed by atoms with Crippen molar-refractivity contribution in [3.63, 3.8) is 0 Å². The largest absolute Gasteiger partial charge is 0.496 e. The predicted octanol–water partition coefficient (Wildman–Crippen LogP) is 5.25. The number of nitrogens with one attached hydrogen (secondary N) is 1. The van der Waals surface area contributed by atoms with Crippen LogP contribution in [-0.4, -0.2) is 35.6 Å². The minimum absolute atomic E-state index is 0.314. The lowest BCUT2D eigenvalue weighted by atomic mass is 9.84. The Morgan fingerprint density at radius 3 is 2.58 bits per heavy atom. The first-order chi connectivity index (χ1) is 17.7. The molecule has 0 fully saturated rings. The van der Waals surface area contributed by atoms with Gasteiger partial charge in [0.25, 0.3) is 0 Å². The lowest BCUT2D eigenvalue weighted by Crippen LogP contribution is -2.32. The third-order valence-electron chi connectivity index (χ3n) is 6.55. The van der Waals surface area contributed by atoms with Gasteiger partial charge < -0.3 is 24.3 Å². The topological polar surface area (TPSA) is 79.7 Å². The van der Waals surface area contributed by atoms with Crippen LogP contribution < -0.4 is 24.3 Å². The van der Waals surface area contributed by atoms with Crippen LogP contribution in [0, 0.1) is 0 Å². The molecule has 8 heteroatoms. The Bertz CT molecular complexity index is 1460. The molecule has 8 nitrogen and oxygen atoms in total. The molecule has 2 aliphatic rings. The van der Waals surface area contributed by atoms with E-state index < -0.39 is 6.10 Å². The number of nitrogens with zero attached hydrogens (tertiary/aromatic N) is 3. The summed E-state index contributed by atoms with van der Waals surface area (Å²) in [7, 11) is 3.32. The zero-order chi connectivity index (χ0) is 24.6. The Balaban J connectivity index is 1.60. The number of aromatic nitrogens is 3. The summed E-state index contributed by atoms with van der Waals surface area (Å²) in [6, 6.07) is 21.6. The molecule has 182 valence electrons. The maximum absolute atomic E-state index is 6.71. The molecule has 1 N–H and O–H groups in total. The fraction of sp³-hybridized carbons (Fsp3) is 0.214. The van der Waals surface area contributed by atoms with Crippen molar-refractivity contribution in [1.29, 1.82) is 0 Å². The molecule has 2 atom stereocenters. The van der Waals surface area contributed by atoms with E-state index in [1.54, 1.807) is 20.5 Å². The minimum Gasteiger partial charge on any atom is -0.496 e. The second-order valence-electron chi connectivity index (χ2n) is 8.47. The van der Waals surface area contributed by atoms with E-state index in [2.05, 4.69) is 27.5 Å². The van der Waals surface area contributed by atoms with Crippen molar-refractivity contribution in [2.75, 3.05) is 26.1 Å². The standard InChI is InChI=1S/C28H26N4O4/c1-4-35-22-14-13-17(15-23(22)34-3)27-24-25(18-9-5-8-12-21(18)36-27)31-28-29-16-30-32(28)26(24)19-10-6-7-11-20(19)33-2/h5-16,26-27H,4H2,1-3H3,(H,29,30,31)/t26-,27+/m1/s1. The SMILES string of the molecule is CCOc1ccc([C@@H]2Oc3ccccc3C3=C2[C@@H](c2ccccc2OC)n2ncnc2N3)cc1OC. The third-order valence-corrected chi connectivity index (χ3v) is 6.55. The number of fused-ring (bicyclic) bond motifs is 3. The predicted molar refractivity (Wildman–Crippen MR) is 136 cm³/mol.